The molecule has 0 bridgehead atoms. The summed E-state index contributed by atoms with van der Waals surface area (Å²) in [4.78, 5) is 38.2. The van der Waals surface area contributed by atoms with Crippen molar-refractivity contribution in [2.45, 2.75) is 33.6 Å². The lowest BCUT2D eigenvalue weighted by Crippen LogP contribution is -2.42. The minimum absolute atomic E-state index is 0.0618. The van der Waals surface area contributed by atoms with Crippen molar-refractivity contribution >= 4 is 29.6 Å². The number of nitrogens with one attached hydrogen (secondary N) is 1. The zero-order valence-electron chi connectivity index (χ0n) is 20.3. The standard InChI is InChI=1S/C26H31ClN2O6/c1-4-33-26(32)35-21-7-5-20(6-8-21)25(31)29-11-9-19(10-12-29)15-28-23(30)16-34-22-13-17(2)24(27)18(3)14-22/h5-8,13-14,19H,4,9-12,15-16H2,1-3H3,(H,28,30). The van der Waals surface area contributed by atoms with Crippen LogP contribution in [0.4, 0.5) is 4.79 Å². The molecule has 2 aromatic carbocycles. The molecule has 0 aliphatic carbocycles. The predicted octanol–water partition coefficient (Wildman–Crippen LogP) is 4.54. The molecule has 0 radical (unpaired) electrons. The summed E-state index contributed by atoms with van der Waals surface area (Å²) in [7, 11) is 0. The molecule has 8 nitrogen and oxygen atoms in total. The Morgan fingerprint density at radius 1 is 1.03 bits per heavy atom. The lowest BCUT2D eigenvalue weighted by molar-refractivity contribution is -0.123. The Labute approximate surface area is 210 Å². The first-order valence-corrected chi connectivity index (χ1v) is 12.0. The first-order chi connectivity index (χ1) is 16.8. The van der Waals surface area contributed by atoms with Gasteiger partial charge in [-0.05, 0) is 87.1 Å². The zero-order valence-corrected chi connectivity index (χ0v) is 21.0. The third-order valence-corrected chi connectivity index (χ3v) is 6.43. The second-order valence-electron chi connectivity index (χ2n) is 8.51. The van der Waals surface area contributed by atoms with E-state index in [1.54, 1.807) is 36.1 Å². The summed E-state index contributed by atoms with van der Waals surface area (Å²) in [6.45, 7) is 7.42. The number of hydrogen-bond acceptors (Lipinski definition) is 6. The Bertz CT molecular complexity index is 1030. The van der Waals surface area contributed by atoms with Gasteiger partial charge >= 0.3 is 6.16 Å². The van der Waals surface area contributed by atoms with Crippen LogP contribution in [-0.2, 0) is 9.53 Å². The van der Waals surface area contributed by atoms with Gasteiger partial charge in [-0.2, -0.15) is 0 Å². The Balaban J connectivity index is 1.39. The van der Waals surface area contributed by atoms with Gasteiger partial charge in [0.2, 0.25) is 0 Å². The number of benzene rings is 2. The fourth-order valence-corrected chi connectivity index (χ4v) is 3.99. The van der Waals surface area contributed by atoms with Crippen LogP contribution in [0.25, 0.3) is 0 Å². The molecule has 1 aliphatic heterocycles. The number of hydrogen-bond donors (Lipinski definition) is 1. The van der Waals surface area contributed by atoms with Gasteiger partial charge in [0.15, 0.2) is 6.61 Å². The highest BCUT2D eigenvalue weighted by Gasteiger charge is 2.24. The van der Waals surface area contributed by atoms with Crippen molar-refractivity contribution in [3.63, 3.8) is 0 Å². The van der Waals surface area contributed by atoms with Gasteiger partial charge in [-0.1, -0.05) is 11.6 Å². The lowest BCUT2D eigenvalue weighted by atomic mass is 9.96. The maximum Gasteiger partial charge on any atom is 0.513 e. The first kappa shape index (κ1) is 26.3. The second kappa shape index (κ2) is 12.4. The van der Waals surface area contributed by atoms with E-state index in [2.05, 4.69) is 5.32 Å². The quantitative estimate of drug-likeness (QED) is 0.420. The first-order valence-electron chi connectivity index (χ1n) is 11.7. The van der Waals surface area contributed by atoms with Crippen molar-refractivity contribution in [2.75, 3.05) is 32.8 Å². The largest absolute Gasteiger partial charge is 0.513 e. The molecule has 188 valence electrons. The van der Waals surface area contributed by atoms with Crippen molar-refractivity contribution in [1.82, 2.24) is 10.2 Å². The van der Waals surface area contributed by atoms with Crippen LogP contribution in [0.3, 0.4) is 0 Å². The third kappa shape index (κ3) is 7.62. The predicted molar refractivity (Wildman–Crippen MR) is 132 cm³/mol. The molecule has 1 N–H and O–H groups in total. The summed E-state index contributed by atoms with van der Waals surface area (Å²) in [5.41, 5.74) is 2.34. The second-order valence-corrected chi connectivity index (χ2v) is 8.89. The normalized spacial score (nSPS) is 13.8. The fraction of sp³-hybridized carbons (Fsp3) is 0.423. The van der Waals surface area contributed by atoms with Gasteiger partial charge in [0.25, 0.3) is 11.8 Å². The third-order valence-electron chi connectivity index (χ3n) is 5.83. The number of rotatable bonds is 8. The summed E-state index contributed by atoms with van der Waals surface area (Å²) in [6.07, 6.45) is 0.821. The molecular weight excluding hydrogens is 472 g/mol. The van der Waals surface area contributed by atoms with Crippen LogP contribution in [0.1, 0.15) is 41.3 Å². The smallest absolute Gasteiger partial charge is 0.484 e. The van der Waals surface area contributed by atoms with Crippen LogP contribution < -0.4 is 14.8 Å². The topological polar surface area (TPSA) is 94.2 Å². The molecule has 1 saturated heterocycles. The maximum absolute atomic E-state index is 12.8. The minimum Gasteiger partial charge on any atom is -0.484 e. The van der Waals surface area contributed by atoms with Gasteiger partial charge in [0, 0.05) is 30.2 Å². The maximum atomic E-state index is 12.8. The molecule has 0 aromatic heterocycles. The minimum atomic E-state index is -0.775. The number of halogens is 1. The molecule has 9 heteroatoms. The van der Waals surface area contributed by atoms with Crippen molar-refractivity contribution in [3.05, 3.63) is 58.1 Å². The van der Waals surface area contributed by atoms with E-state index in [4.69, 9.17) is 25.8 Å². The Kier molecular flexibility index (Phi) is 9.37. The molecule has 0 atom stereocenters. The van der Waals surface area contributed by atoms with Crippen molar-refractivity contribution < 1.29 is 28.6 Å². The lowest BCUT2D eigenvalue weighted by Gasteiger charge is -2.32. The van der Waals surface area contributed by atoms with Gasteiger partial charge in [0.1, 0.15) is 11.5 Å². The summed E-state index contributed by atoms with van der Waals surface area (Å²) < 4.78 is 15.4. The van der Waals surface area contributed by atoms with Crippen LogP contribution >= 0.6 is 11.6 Å². The number of carbonyl (C=O) groups excluding carboxylic acids is 3. The van der Waals surface area contributed by atoms with E-state index in [1.807, 2.05) is 26.0 Å². The molecule has 0 spiro atoms. The molecule has 0 unspecified atom stereocenters. The van der Waals surface area contributed by atoms with Gasteiger partial charge in [-0.25, -0.2) is 4.79 Å². The van der Waals surface area contributed by atoms with E-state index in [1.165, 1.54) is 0 Å². The molecule has 0 saturated carbocycles. The van der Waals surface area contributed by atoms with E-state index in [-0.39, 0.29) is 25.0 Å². The molecule has 3 rings (SSSR count). The Morgan fingerprint density at radius 2 is 1.66 bits per heavy atom. The molecule has 2 aromatic rings. The van der Waals surface area contributed by atoms with Gasteiger partial charge in [-0.3, -0.25) is 9.59 Å². The summed E-state index contributed by atoms with van der Waals surface area (Å²) in [5, 5.41) is 3.63. The van der Waals surface area contributed by atoms with Gasteiger partial charge in [-0.15, -0.1) is 0 Å². The molecule has 1 heterocycles. The van der Waals surface area contributed by atoms with Gasteiger partial charge < -0.3 is 24.4 Å². The molecular formula is C26H31ClN2O6. The number of nitrogens with zero attached hydrogens (tertiary/aromatic N) is 1. The van der Waals surface area contributed by atoms with Crippen molar-refractivity contribution in [2.24, 2.45) is 5.92 Å². The van der Waals surface area contributed by atoms with Crippen LogP contribution in [0.15, 0.2) is 36.4 Å². The van der Waals surface area contributed by atoms with Crippen molar-refractivity contribution in [3.8, 4) is 11.5 Å². The average Bonchev–Trinajstić information content (AvgIpc) is 2.85. The Morgan fingerprint density at radius 3 is 2.26 bits per heavy atom. The summed E-state index contributed by atoms with van der Waals surface area (Å²) in [6, 6.07) is 10.0. The van der Waals surface area contributed by atoms with Crippen LogP contribution in [0.5, 0.6) is 11.5 Å². The number of aryl methyl sites for hydroxylation is 2. The highest BCUT2D eigenvalue weighted by molar-refractivity contribution is 6.32. The van der Waals surface area contributed by atoms with Crippen molar-refractivity contribution in [1.29, 1.82) is 0 Å². The summed E-state index contributed by atoms with van der Waals surface area (Å²) >= 11 is 6.17. The van der Waals surface area contributed by atoms with E-state index in [0.717, 1.165) is 24.0 Å². The van der Waals surface area contributed by atoms with Crippen LogP contribution in [-0.4, -0.2) is 55.7 Å². The summed E-state index contributed by atoms with van der Waals surface area (Å²) in [5.74, 6) is 0.978. The SMILES string of the molecule is CCOC(=O)Oc1ccc(C(=O)N2CCC(CNC(=O)COc3cc(C)c(Cl)c(C)c3)CC2)cc1. The van der Waals surface area contributed by atoms with E-state index in [0.29, 0.717) is 47.6 Å². The molecule has 1 aliphatic rings. The van der Waals surface area contributed by atoms with E-state index < -0.39 is 6.16 Å². The number of amides is 2. The molecule has 2 amide bonds. The van der Waals surface area contributed by atoms with Crippen LogP contribution in [0, 0.1) is 19.8 Å². The van der Waals surface area contributed by atoms with Crippen LogP contribution in [0.2, 0.25) is 5.02 Å². The zero-order chi connectivity index (χ0) is 25.4. The molecule has 35 heavy (non-hydrogen) atoms. The number of likely N-dealkylation sites (tertiary alicyclic amines) is 1. The number of piperidine rings is 1. The van der Waals surface area contributed by atoms with E-state index in [9.17, 15) is 14.4 Å². The highest BCUT2D eigenvalue weighted by atomic mass is 35.5. The van der Waals surface area contributed by atoms with Gasteiger partial charge in [0.05, 0.1) is 6.61 Å². The Hall–Kier alpha value is -3.26. The van der Waals surface area contributed by atoms with E-state index >= 15 is 0 Å². The molecule has 1 fully saturated rings. The number of carbonyl (C=O) groups is 3. The fourth-order valence-electron chi connectivity index (χ4n) is 3.88. The average molecular weight is 503 g/mol. The highest BCUT2D eigenvalue weighted by Crippen LogP contribution is 2.26. The number of ether oxygens (including phenoxy) is 3. The monoisotopic (exact) mass is 502 g/mol.